The lowest BCUT2D eigenvalue weighted by atomic mass is 9.92. The summed E-state index contributed by atoms with van der Waals surface area (Å²) in [6.07, 6.45) is 11.5. The predicted octanol–water partition coefficient (Wildman–Crippen LogP) is 3.82. The third-order valence-corrected chi connectivity index (χ3v) is 3.92. The number of hydrogen-bond acceptors (Lipinski definition) is 2. The Hall–Kier alpha value is -1.28. The van der Waals surface area contributed by atoms with Crippen LogP contribution in [0.2, 0.25) is 0 Å². The van der Waals surface area contributed by atoms with E-state index in [0.29, 0.717) is 5.92 Å². The van der Waals surface area contributed by atoms with E-state index < -0.39 is 0 Å². The summed E-state index contributed by atoms with van der Waals surface area (Å²) in [4.78, 5) is 0. The van der Waals surface area contributed by atoms with Crippen molar-refractivity contribution in [2.24, 2.45) is 5.92 Å². The molecule has 2 nitrogen and oxygen atoms in total. The van der Waals surface area contributed by atoms with Crippen molar-refractivity contribution in [1.82, 2.24) is 0 Å². The van der Waals surface area contributed by atoms with Gasteiger partial charge >= 0.3 is 0 Å². The minimum atomic E-state index is 0.282. The first-order valence-corrected chi connectivity index (χ1v) is 7.29. The fourth-order valence-electron chi connectivity index (χ4n) is 2.73. The minimum Gasteiger partial charge on any atom is -0.497 e. The summed E-state index contributed by atoms with van der Waals surface area (Å²) in [7, 11) is 1.72. The van der Waals surface area contributed by atoms with Crippen LogP contribution in [0.15, 0.2) is 24.3 Å². The zero-order valence-corrected chi connectivity index (χ0v) is 11.8. The van der Waals surface area contributed by atoms with Crippen LogP contribution in [0, 0.1) is 5.92 Å². The molecule has 0 bridgehead atoms. The molecule has 19 heavy (non-hydrogen) atoms. The molecule has 1 aromatic carbocycles. The van der Waals surface area contributed by atoms with Crippen molar-refractivity contribution in [2.75, 3.05) is 13.7 Å². The van der Waals surface area contributed by atoms with Crippen LogP contribution in [-0.2, 0) is 6.42 Å². The van der Waals surface area contributed by atoms with E-state index in [1.165, 1.54) is 36.8 Å². The molecule has 0 aromatic heterocycles. The van der Waals surface area contributed by atoms with Gasteiger partial charge in [-0.05, 0) is 54.9 Å². The van der Waals surface area contributed by atoms with E-state index in [1.807, 2.05) is 6.07 Å². The number of hydrogen-bond donors (Lipinski definition) is 1. The normalized spacial score (nSPS) is 21.5. The smallest absolute Gasteiger partial charge is 0.119 e. The minimum absolute atomic E-state index is 0.282. The SMILES string of the molecule is COc1ccc2c(c1)CCCCC[C@H](CCO)/C=C\2. The molecule has 0 radical (unpaired) electrons. The van der Waals surface area contributed by atoms with Gasteiger partial charge < -0.3 is 9.84 Å². The third-order valence-electron chi connectivity index (χ3n) is 3.92. The highest BCUT2D eigenvalue weighted by Gasteiger charge is 2.08. The van der Waals surface area contributed by atoms with Crippen molar-refractivity contribution in [2.45, 2.75) is 38.5 Å². The van der Waals surface area contributed by atoms with E-state index in [-0.39, 0.29) is 6.61 Å². The second-order valence-corrected chi connectivity index (χ2v) is 5.30. The van der Waals surface area contributed by atoms with Gasteiger partial charge in [-0.3, -0.25) is 0 Å². The van der Waals surface area contributed by atoms with Crippen LogP contribution in [0.1, 0.15) is 43.2 Å². The number of allylic oxidation sites excluding steroid dienone is 1. The maximum atomic E-state index is 9.12. The molecule has 0 saturated heterocycles. The summed E-state index contributed by atoms with van der Waals surface area (Å²) in [6, 6.07) is 6.32. The maximum Gasteiger partial charge on any atom is 0.119 e. The van der Waals surface area contributed by atoms with Gasteiger partial charge in [-0.25, -0.2) is 0 Å². The van der Waals surface area contributed by atoms with E-state index in [2.05, 4.69) is 24.3 Å². The lowest BCUT2D eigenvalue weighted by molar-refractivity contribution is 0.265. The van der Waals surface area contributed by atoms with Crippen molar-refractivity contribution in [3.63, 3.8) is 0 Å². The van der Waals surface area contributed by atoms with Crippen LogP contribution in [0.3, 0.4) is 0 Å². The highest BCUT2D eigenvalue weighted by molar-refractivity contribution is 5.56. The zero-order chi connectivity index (χ0) is 13.5. The summed E-state index contributed by atoms with van der Waals surface area (Å²) in [5, 5.41) is 9.12. The Labute approximate surface area is 116 Å². The first-order valence-electron chi connectivity index (χ1n) is 7.29. The lowest BCUT2D eigenvalue weighted by Gasteiger charge is -2.15. The van der Waals surface area contributed by atoms with E-state index in [0.717, 1.165) is 18.6 Å². The molecule has 0 amide bonds. The average Bonchev–Trinajstić information content (AvgIpc) is 2.45. The molecule has 0 fully saturated rings. The Kier molecular flexibility index (Phi) is 5.46. The molecular weight excluding hydrogens is 236 g/mol. The van der Waals surface area contributed by atoms with Crippen molar-refractivity contribution >= 4 is 6.08 Å². The highest BCUT2D eigenvalue weighted by Crippen LogP contribution is 2.25. The summed E-state index contributed by atoms with van der Waals surface area (Å²) in [6.45, 7) is 0.282. The van der Waals surface area contributed by atoms with Crippen LogP contribution in [0.4, 0.5) is 0 Å². The topological polar surface area (TPSA) is 29.5 Å². The van der Waals surface area contributed by atoms with Gasteiger partial charge in [0.2, 0.25) is 0 Å². The zero-order valence-electron chi connectivity index (χ0n) is 11.8. The second kappa shape index (κ2) is 7.34. The van der Waals surface area contributed by atoms with Crippen molar-refractivity contribution in [3.05, 3.63) is 35.4 Å². The molecule has 104 valence electrons. The standard InChI is InChI=1S/C17H24O2/c1-19-17-10-9-15-8-7-14(11-12-18)5-3-2-4-6-16(15)13-17/h7-10,13-14,18H,2-6,11-12H2,1H3/b8-7-/t14-/m0/s1. The maximum absolute atomic E-state index is 9.12. The Bertz CT molecular complexity index is 423. The Morgan fingerprint density at radius 3 is 2.95 bits per heavy atom. The summed E-state index contributed by atoms with van der Waals surface area (Å²) < 4.78 is 5.31. The van der Waals surface area contributed by atoms with Gasteiger partial charge in [-0.15, -0.1) is 0 Å². The summed E-state index contributed by atoms with van der Waals surface area (Å²) in [5.74, 6) is 1.45. The first kappa shape index (κ1) is 14.1. The Balaban J connectivity index is 2.23. The van der Waals surface area contributed by atoms with E-state index >= 15 is 0 Å². The van der Waals surface area contributed by atoms with Crippen LogP contribution in [0.25, 0.3) is 6.08 Å². The van der Waals surface area contributed by atoms with Crippen LogP contribution in [0.5, 0.6) is 5.75 Å². The molecular formula is C17H24O2. The molecule has 0 unspecified atom stereocenters. The second-order valence-electron chi connectivity index (χ2n) is 5.30. The number of ether oxygens (including phenoxy) is 1. The molecule has 2 heteroatoms. The van der Waals surface area contributed by atoms with Gasteiger partial charge in [0.15, 0.2) is 0 Å². The van der Waals surface area contributed by atoms with E-state index in [9.17, 15) is 0 Å². The Morgan fingerprint density at radius 1 is 1.26 bits per heavy atom. The fourth-order valence-corrected chi connectivity index (χ4v) is 2.73. The van der Waals surface area contributed by atoms with Crippen LogP contribution < -0.4 is 4.74 Å². The van der Waals surface area contributed by atoms with Gasteiger partial charge in [0.05, 0.1) is 7.11 Å². The van der Waals surface area contributed by atoms with Gasteiger partial charge in [0, 0.05) is 6.61 Å². The molecule has 1 aliphatic carbocycles. The van der Waals surface area contributed by atoms with Crippen LogP contribution in [-0.4, -0.2) is 18.8 Å². The quantitative estimate of drug-likeness (QED) is 0.895. The monoisotopic (exact) mass is 260 g/mol. The third kappa shape index (κ3) is 4.10. The number of fused-ring (bicyclic) bond motifs is 1. The number of aliphatic hydroxyl groups is 1. The molecule has 1 aromatic rings. The molecule has 1 atom stereocenters. The van der Waals surface area contributed by atoms with E-state index in [1.54, 1.807) is 7.11 Å². The largest absolute Gasteiger partial charge is 0.497 e. The molecule has 0 aliphatic heterocycles. The molecule has 0 spiro atoms. The number of aliphatic hydroxyl groups excluding tert-OH is 1. The molecule has 0 saturated carbocycles. The molecule has 1 N–H and O–H groups in total. The van der Waals surface area contributed by atoms with Gasteiger partial charge in [-0.2, -0.15) is 0 Å². The van der Waals surface area contributed by atoms with E-state index in [4.69, 9.17) is 9.84 Å². The van der Waals surface area contributed by atoms with Crippen LogP contribution >= 0.6 is 0 Å². The number of rotatable bonds is 3. The number of benzene rings is 1. The predicted molar refractivity (Wildman–Crippen MR) is 79.4 cm³/mol. The number of aryl methyl sites for hydroxylation is 1. The van der Waals surface area contributed by atoms with Crippen molar-refractivity contribution in [3.8, 4) is 5.75 Å². The lowest BCUT2D eigenvalue weighted by Crippen LogP contribution is -2.02. The van der Waals surface area contributed by atoms with Gasteiger partial charge in [-0.1, -0.05) is 31.1 Å². The molecule has 1 aliphatic rings. The average molecular weight is 260 g/mol. The van der Waals surface area contributed by atoms with Crippen molar-refractivity contribution in [1.29, 1.82) is 0 Å². The highest BCUT2D eigenvalue weighted by atomic mass is 16.5. The summed E-state index contributed by atoms with van der Waals surface area (Å²) in [5.41, 5.74) is 2.67. The van der Waals surface area contributed by atoms with Gasteiger partial charge in [0.1, 0.15) is 5.75 Å². The summed E-state index contributed by atoms with van der Waals surface area (Å²) >= 11 is 0. The molecule has 2 rings (SSSR count). The van der Waals surface area contributed by atoms with Crippen molar-refractivity contribution < 1.29 is 9.84 Å². The van der Waals surface area contributed by atoms with Gasteiger partial charge in [0.25, 0.3) is 0 Å². The number of methoxy groups -OCH3 is 1. The fraction of sp³-hybridized carbons (Fsp3) is 0.529. The first-order chi connectivity index (χ1) is 9.33. The Morgan fingerprint density at radius 2 is 2.16 bits per heavy atom. The molecule has 0 heterocycles.